The van der Waals surface area contributed by atoms with Gasteiger partial charge in [-0.1, -0.05) is 36.4 Å². The summed E-state index contributed by atoms with van der Waals surface area (Å²) in [6, 6.07) is 14.8. The fourth-order valence-corrected chi connectivity index (χ4v) is 2.35. The van der Waals surface area contributed by atoms with Crippen LogP contribution in [0.15, 0.2) is 48.5 Å². The second kappa shape index (κ2) is 6.61. The van der Waals surface area contributed by atoms with E-state index in [1.807, 2.05) is 36.4 Å². The van der Waals surface area contributed by atoms with Crippen LogP contribution in [0.5, 0.6) is 11.5 Å². The summed E-state index contributed by atoms with van der Waals surface area (Å²) in [5, 5.41) is 11.1. The zero-order valence-electron chi connectivity index (χ0n) is 12.5. The molecule has 112 valence electrons. The van der Waals surface area contributed by atoms with E-state index in [-0.39, 0.29) is 6.61 Å². The van der Waals surface area contributed by atoms with Crippen LogP contribution < -0.4 is 9.47 Å². The lowest BCUT2D eigenvalue weighted by Gasteiger charge is -2.29. The minimum absolute atomic E-state index is 0.145. The summed E-state index contributed by atoms with van der Waals surface area (Å²) in [7, 11) is 4.71. The Morgan fingerprint density at radius 3 is 2.10 bits per heavy atom. The van der Waals surface area contributed by atoms with Gasteiger partial charge in [-0.25, -0.2) is 0 Å². The van der Waals surface area contributed by atoms with Crippen molar-refractivity contribution in [1.29, 1.82) is 0 Å². The number of benzene rings is 2. The van der Waals surface area contributed by atoms with Crippen LogP contribution in [0.1, 0.15) is 11.1 Å². The minimum atomic E-state index is -1.24. The van der Waals surface area contributed by atoms with E-state index < -0.39 is 5.60 Å². The molecule has 0 unspecified atom stereocenters. The molecule has 1 atom stereocenters. The van der Waals surface area contributed by atoms with Crippen molar-refractivity contribution < 1.29 is 19.3 Å². The zero-order valence-corrected chi connectivity index (χ0v) is 12.5. The molecule has 0 aromatic heterocycles. The molecule has 0 fully saturated rings. The first-order valence-electron chi connectivity index (χ1n) is 6.65. The molecule has 2 aromatic carbocycles. The molecule has 0 saturated carbocycles. The van der Waals surface area contributed by atoms with Crippen molar-refractivity contribution in [1.82, 2.24) is 0 Å². The van der Waals surface area contributed by atoms with E-state index in [1.165, 1.54) is 0 Å². The standard InChI is InChI=1S/C17H20O4/c1-19-12-17(18,13-7-5-4-6-8-13)14-9-10-15(20-2)16(11-14)21-3/h4-11,18H,12H2,1-3H3/t17-/m1/s1. The highest BCUT2D eigenvalue weighted by molar-refractivity contribution is 5.47. The van der Waals surface area contributed by atoms with E-state index in [0.717, 1.165) is 5.56 Å². The van der Waals surface area contributed by atoms with Gasteiger partial charge in [0.05, 0.1) is 20.8 Å². The van der Waals surface area contributed by atoms with Crippen molar-refractivity contribution in [2.75, 3.05) is 27.9 Å². The quantitative estimate of drug-likeness (QED) is 0.887. The maximum absolute atomic E-state index is 11.1. The molecule has 0 bridgehead atoms. The monoisotopic (exact) mass is 288 g/mol. The molecular formula is C17H20O4. The first-order chi connectivity index (χ1) is 10.2. The molecule has 4 nitrogen and oxygen atoms in total. The van der Waals surface area contributed by atoms with Crippen LogP contribution in [-0.4, -0.2) is 33.0 Å². The molecule has 0 aliphatic rings. The van der Waals surface area contributed by atoms with E-state index in [4.69, 9.17) is 14.2 Å². The van der Waals surface area contributed by atoms with Gasteiger partial charge in [0.2, 0.25) is 0 Å². The van der Waals surface area contributed by atoms with E-state index in [2.05, 4.69) is 0 Å². The van der Waals surface area contributed by atoms with Crippen LogP contribution in [0, 0.1) is 0 Å². The van der Waals surface area contributed by atoms with Crippen molar-refractivity contribution in [2.45, 2.75) is 5.60 Å². The molecular weight excluding hydrogens is 268 g/mol. The van der Waals surface area contributed by atoms with Crippen LogP contribution in [0.3, 0.4) is 0 Å². The minimum Gasteiger partial charge on any atom is -0.493 e. The molecule has 0 saturated heterocycles. The van der Waals surface area contributed by atoms with E-state index >= 15 is 0 Å². The number of methoxy groups -OCH3 is 3. The number of hydrogen-bond acceptors (Lipinski definition) is 4. The SMILES string of the molecule is COC[C@@](O)(c1ccccc1)c1ccc(OC)c(OC)c1. The fourth-order valence-electron chi connectivity index (χ4n) is 2.35. The van der Waals surface area contributed by atoms with Gasteiger partial charge >= 0.3 is 0 Å². The second-order valence-electron chi connectivity index (χ2n) is 4.73. The molecule has 0 amide bonds. The van der Waals surface area contributed by atoms with E-state index in [9.17, 15) is 5.11 Å². The van der Waals surface area contributed by atoms with Crippen LogP contribution in [0.2, 0.25) is 0 Å². The normalized spacial score (nSPS) is 13.5. The first-order valence-corrected chi connectivity index (χ1v) is 6.65. The predicted octanol–water partition coefficient (Wildman–Crippen LogP) is 2.59. The summed E-state index contributed by atoms with van der Waals surface area (Å²) < 4.78 is 15.8. The maximum Gasteiger partial charge on any atom is 0.161 e. The lowest BCUT2D eigenvalue weighted by Crippen LogP contribution is -2.32. The molecule has 21 heavy (non-hydrogen) atoms. The number of ether oxygens (including phenoxy) is 3. The van der Waals surface area contributed by atoms with Gasteiger partial charge in [-0.3, -0.25) is 0 Å². The summed E-state index contributed by atoms with van der Waals surface area (Å²) in [5.41, 5.74) is 0.211. The van der Waals surface area contributed by atoms with Crippen molar-refractivity contribution in [3.63, 3.8) is 0 Å². The Morgan fingerprint density at radius 1 is 0.857 bits per heavy atom. The highest BCUT2D eigenvalue weighted by atomic mass is 16.5. The predicted molar refractivity (Wildman–Crippen MR) is 80.9 cm³/mol. The lowest BCUT2D eigenvalue weighted by molar-refractivity contribution is -0.00343. The molecule has 0 aliphatic heterocycles. The summed E-state index contributed by atoms with van der Waals surface area (Å²) in [6.45, 7) is 0.145. The Kier molecular flexibility index (Phi) is 4.83. The van der Waals surface area contributed by atoms with Gasteiger partial charge < -0.3 is 19.3 Å². The number of hydrogen-bond donors (Lipinski definition) is 1. The first kappa shape index (κ1) is 15.4. The summed E-state index contributed by atoms with van der Waals surface area (Å²) in [6.07, 6.45) is 0. The summed E-state index contributed by atoms with van der Waals surface area (Å²) >= 11 is 0. The Balaban J connectivity index is 2.52. The summed E-state index contributed by atoms with van der Waals surface area (Å²) in [4.78, 5) is 0. The molecule has 2 rings (SSSR count). The average Bonchev–Trinajstić information content (AvgIpc) is 2.55. The third-order valence-corrected chi connectivity index (χ3v) is 3.47. The van der Waals surface area contributed by atoms with Gasteiger partial charge in [0.25, 0.3) is 0 Å². The Morgan fingerprint density at radius 2 is 1.52 bits per heavy atom. The van der Waals surface area contributed by atoms with Crippen molar-refractivity contribution in [3.05, 3.63) is 59.7 Å². The molecule has 1 N–H and O–H groups in total. The second-order valence-corrected chi connectivity index (χ2v) is 4.73. The molecule has 0 spiro atoms. The Labute approximate surface area is 124 Å². The average molecular weight is 288 g/mol. The lowest BCUT2D eigenvalue weighted by atomic mass is 9.87. The van der Waals surface area contributed by atoms with Crippen LogP contribution >= 0.6 is 0 Å². The Hall–Kier alpha value is -2.04. The van der Waals surface area contributed by atoms with Crippen LogP contribution in [0.25, 0.3) is 0 Å². The largest absolute Gasteiger partial charge is 0.493 e. The van der Waals surface area contributed by atoms with Gasteiger partial charge in [-0.05, 0) is 23.3 Å². The van der Waals surface area contributed by atoms with Crippen molar-refractivity contribution in [2.24, 2.45) is 0 Å². The number of aliphatic hydroxyl groups is 1. The highest BCUT2D eigenvalue weighted by Gasteiger charge is 2.32. The Bertz CT molecular complexity index is 583. The molecule has 2 aromatic rings. The van der Waals surface area contributed by atoms with Crippen LogP contribution in [0.4, 0.5) is 0 Å². The van der Waals surface area contributed by atoms with E-state index in [1.54, 1.807) is 33.5 Å². The molecule has 0 radical (unpaired) electrons. The smallest absolute Gasteiger partial charge is 0.161 e. The van der Waals surface area contributed by atoms with Gasteiger partial charge in [0, 0.05) is 7.11 Å². The van der Waals surface area contributed by atoms with E-state index in [0.29, 0.717) is 17.1 Å². The van der Waals surface area contributed by atoms with Crippen molar-refractivity contribution in [3.8, 4) is 11.5 Å². The van der Waals surface area contributed by atoms with Gasteiger partial charge in [-0.15, -0.1) is 0 Å². The fraction of sp³-hybridized carbons (Fsp3) is 0.294. The third kappa shape index (κ3) is 3.01. The highest BCUT2D eigenvalue weighted by Crippen LogP contribution is 2.36. The van der Waals surface area contributed by atoms with Crippen molar-refractivity contribution >= 4 is 0 Å². The zero-order chi connectivity index (χ0) is 15.3. The molecule has 0 aliphatic carbocycles. The maximum atomic E-state index is 11.1. The third-order valence-electron chi connectivity index (χ3n) is 3.47. The van der Waals surface area contributed by atoms with Crippen LogP contribution in [-0.2, 0) is 10.3 Å². The number of rotatable bonds is 6. The van der Waals surface area contributed by atoms with Gasteiger partial charge in [-0.2, -0.15) is 0 Å². The molecule has 0 heterocycles. The topological polar surface area (TPSA) is 47.9 Å². The molecule has 4 heteroatoms. The summed E-state index contributed by atoms with van der Waals surface area (Å²) in [5.74, 6) is 1.19. The van der Waals surface area contributed by atoms with Gasteiger partial charge in [0.1, 0.15) is 5.60 Å². The van der Waals surface area contributed by atoms with Gasteiger partial charge in [0.15, 0.2) is 11.5 Å².